The third-order valence-electron chi connectivity index (χ3n) is 3.54. The van der Waals surface area contributed by atoms with Gasteiger partial charge in [-0.15, -0.1) is 0 Å². The molecule has 0 aromatic heterocycles. The number of hydrogen-bond donors (Lipinski definition) is 2. The minimum absolute atomic E-state index is 0. The molecular formula is C18H23NO5S. The Morgan fingerprint density at radius 2 is 1.64 bits per heavy atom. The van der Waals surface area contributed by atoms with E-state index in [1.165, 1.54) is 17.6 Å². The SMILES string of the molecule is C.CC(CCS(=O)(=O)c1ccc(Oc2ccccc2)cc1)C(=O)NO. The first-order valence-corrected chi connectivity index (χ1v) is 9.07. The van der Waals surface area contributed by atoms with Crippen molar-refractivity contribution in [3.8, 4) is 11.5 Å². The zero-order valence-electron chi connectivity index (χ0n) is 13.2. The lowest BCUT2D eigenvalue weighted by molar-refractivity contribution is -0.132. The molecule has 2 aromatic rings. The lowest BCUT2D eigenvalue weighted by Gasteiger charge is -2.10. The van der Waals surface area contributed by atoms with Gasteiger partial charge in [-0.3, -0.25) is 10.0 Å². The Bertz CT molecular complexity index is 773. The lowest BCUT2D eigenvalue weighted by atomic mass is 10.1. The van der Waals surface area contributed by atoms with Gasteiger partial charge in [0, 0.05) is 5.92 Å². The number of ether oxygens (including phenoxy) is 1. The molecule has 7 heteroatoms. The van der Waals surface area contributed by atoms with E-state index in [2.05, 4.69) is 0 Å². The lowest BCUT2D eigenvalue weighted by Crippen LogP contribution is -2.27. The number of nitrogens with one attached hydrogen (secondary N) is 1. The Labute approximate surface area is 148 Å². The first-order valence-electron chi connectivity index (χ1n) is 7.42. The van der Waals surface area contributed by atoms with Gasteiger partial charge in [-0.1, -0.05) is 32.5 Å². The Hall–Kier alpha value is -2.38. The van der Waals surface area contributed by atoms with Gasteiger partial charge < -0.3 is 4.74 Å². The monoisotopic (exact) mass is 365 g/mol. The van der Waals surface area contributed by atoms with E-state index in [4.69, 9.17) is 9.94 Å². The quantitative estimate of drug-likeness (QED) is 0.579. The minimum atomic E-state index is -3.50. The number of rotatable bonds is 7. The number of sulfone groups is 1. The molecule has 25 heavy (non-hydrogen) atoms. The molecule has 136 valence electrons. The Morgan fingerprint density at radius 1 is 1.08 bits per heavy atom. The van der Waals surface area contributed by atoms with Crippen molar-refractivity contribution in [1.82, 2.24) is 5.48 Å². The molecule has 0 aliphatic rings. The first-order chi connectivity index (χ1) is 11.4. The zero-order chi connectivity index (χ0) is 17.6. The average molecular weight is 365 g/mol. The van der Waals surface area contributed by atoms with Crippen LogP contribution in [0, 0.1) is 5.92 Å². The molecular weight excluding hydrogens is 342 g/mol. The summed E-state index contributed by atoms with van der Waals surface area (Å²) >= 11 is 0. The molecule has 0 bridgehead atoms. The number of hydrogen-bond acceptors (Lipinski definition) is 5. The van der Waals surface area contributed by atoms with Crippen LogP contribution in [0.2, 0.25) is 0 Å². The molecule has 0 spiro atoms. The van der Waals surface area contributed by atoms with Gasteiger partial charge in [0.25, 0.3) is 0 Å². The highest BCUT2D eigenvalue weighted by atomic mass is 32.2. The maximum Gasteiger partial charge on any atom is 0.246 e. The van der Waals surface area contributed by atoms with E-state index >= 15 is 0 Å². The fourth-order valence-corrected chi connectivity index (χ4v) is 3.48. The van der Waals surface area contributed by atoms with Gasteiger partial charge in [0.15, 0.2) is 9.84 Å². The Balaban J connectivity index is 0.00000312. The van der Waals surface area contributed by atoms with Crippen LogP contribution < -0.4 is 10.2 Å². The van der Waals surface area contributed by atoms with Crippen molar-refractivity contribution < 1.29 is 23.2 Å². The number of carbonyl (C=O) groups is 1. The molecule has 1 amide bonds. The molecule has 1 unspecified atom stereocenters. The van der Waals surface area contributed by atoms with Gasteiger partial charge in [0.1, 0.15) is 11.5 Å². The predicted octanol–water partition coefficient (Wildman–Crippen LogP) is 3.42. The molecule has 2 rings (SSSR count). The van der Waals surface area contributed by atoms with E-state index in [-0.39, 0.29) is 24.5 Å². The van der Waals surface area contributed by atoms with Gasteiger partial charge in [0.2, 0.25) is 5.91 Å². The molecule has 0 fully saturated rings. The number of hydroxylamine groups is 1. The van der Waals surface area contributed by atoms with E-state index in [0.717, 1.165) is 0 Å². The largest absolute Gasteiger partial charge is 0.457 e. The Morgan fingerprint density at radius 3 is 2.20 bits per heavy atom. The molecule has 0 heterocycles. The standard InChI is InChI=1S/C17H19NO5S.CH4/c1-13(17(19)18-20)11-12-24(21,22)16-9-7-15(8-10-16)23-14-5-3-2-4-6-14;/h2-10,13,20H,11-12H2,1H3,(H,18,19);1H4. The second kappa shape index (κ2) is 9.19. The van der Waals surface area contributed by atoms with Crippen molar-refractivity contribution in [2.24, 2.45) is 5.92 Å². The average Bonchev–Trinajstić information content (AvgIpc) is 2.60. The van der Waals surface area contributed by atoms with E-state index in [1.807, 2.05) is 18.2 Å². The van der Waals surface area contributed by atoms with Crippen molar-refractivity contribution in [2.45, 2.75) is 25.7 Å². The van der Waals surface area contributed by atoms with Crippen LogP contribution >= 0.6 is 0 Å². The maximum absolute atomic E-state index is 12.3. The second-order valence-electron chi connectivity index (χ2n) is 5.37. The normalized spacial score (nSPS) is 11.9. The number of carbonyl (C=O) groups excluding carboxylic acids is 1. The van der Waals surface area contributed by atoms with Gasteiger partial charge in [0.05, 0.1) is 10.6 Å². The minimum Gasteiger partial charge on any atom is -0.457 e. The van der Waals surface area contributed by atoms with Crippen molar-refractivity contribution in [2.75, 3.05) is 5.75 Å². The fourth-order valence-electron chi connectivity index (χ4n) is 2.03. The topological polar surface area (TPSA) is 92.7 Å². The van der Waals surface area contributed by atoms with E-state index in [9.17, 15) is 13.2 Å². The third-order valence-corrected chi connectivity index (χ3v) is 5.30. The summed E-state index contributed by atoms with van der Waals surface area (Å²) < 4.78 is 30.2. The summed E-state index contributed by atoms with van der Waals surface area (Å²) in [7, 11) is -3.50. The first kappa shape index (κ1) is 20.7. The van der Waals surface area contributed by atoms with Gasteiger partial charge in [-0.2, -0.15) is 0 Å². The van der Waals surface area contributed by atoms with Crippen molar-refractivity contribution in [3.63, 3.8) is 0 Å². The van der Waals surface area contributed by atoms with E-state index in [1.54, 1.807) is 31.2 Å². The summed E-state index contributed by atoms with van der Waals surface area (Å²) in [5.74, 6) is -0.173. The Kier molecular flexibility index (Phi) is 7.60. The van der Waals surface area contributed by atoms with Crippen molar-refractivity contribution >= 4 is 15.7 Å². The zero-order valence-corrected chi connectivity index (χ0v) is 14.0. The van der Waals surface area contributed by atoms with E-state index < -0.39 is 21.7 Å². The van der Waals surface area contributed by atoms with Crippen LogP contribution in [0.15, 0.2) is 59.5 Å². The summed E-state index contributed by atoms with van der Waals surface area (Å²) in [5.41, 5.74) is 1.52. The van der Waals surface area contributed by atoms with Crippen LogP contribution in [0.25, 0.3) is 0 Å². The second-order valence-corrected chi connectivity index (χ2v) is 7.48. The fraction of sp³-hybridized carbons (Fsp3) is 0.278. The molecule has 2 aromatic carbocycles. The summed E-state index contributed by atoms with van der Waals surface area (Å²) in [6.07, 6.45) is 0.122. The third kappa shape index (κ3) is 5.88. The molecule has 0 saturated carbocycles. The molecule has 2 N–H and O–H groups in total. The van der Waals surface area contributed by atoms with Crippen LogP contribution in [0.3, 0.4) is 0 Å². The predicted molar refractivity (Wildman–Crippen MR) is 95.5 cm³/mol. The van der Waals surface area contributed by atoms with Crippen molar-refractivity contribution in [1.29, 1.82) is 0 Å². The smallest absolute Gasteiger partial charge is 0.246 e. The highest BCUT2D eigenvalue weighted by Crippen LogP contribution is 2.23. The maximum atomic E-state index is 12.3. The van der Waals surface area contributed by atoms with Crippen LogP contribution in [0.1, 0.15) is 20.8 Å². The summed E-state index contributed by atoms with van der Waals surface area (Å²) in [6, 6.07) is 15.3. The van der Waals surface area contributed by atoms with E-state index in [0.29, 0.717) is 11.5 Å². The molecule has 0 aliphatic heterocycles. The van der Waals surface area contributed by atoms with Gasteiger partial charge in [-0.05, 0) is 42.8 Å². The van der Waals surface area contributed by atoms with Crippen LogP contribution in [-0.2, 0) is 14.6 Å². The number of amides is 1. The van der Waals surface area contributed by atoms with Gasteiger partial charge >= 0.3 is 0 Å². The summed E-state index contributed by atoms with van der Waals surface area (Å²) in [4.78, 5) is 11.4. The highest BCUT2D eigenvalue weighted by molar-refractivity contribution is 7.91. The molecule has 1 atom stereocenters. The summed E-state index contributed by atoms with van der Waals surface area (Å²) in [6.45, 7) is 1.55. The number of benzene rings is 2. The van der Waals surface area contributed by atoms with Crippen LogP contribution in [0.4, 0.5) is 0 Å². The summed E-state index contributed by atoms with van der Waals surface area (Å²) in [5, 5.41) is 8.54. The molecule has 0 radical (unpaired) electrons. The molecule has 6 nitrogen and oxygen atoms in total. The molecule has 0 aliphatic carbocycles. The highest BCUT2D eigenvalue weighted by Gasteiger charge is 2.19. The van der Waals surface area contributed by atoms with Crippen LogP contribution in [-0.4, -0.2) is 25.3 Å². The van der Waals surface area contributed by atoms with Gasteiger partial charge in [-0.25, -0.2) is 13.9 Å². The molecule has 0 saturated heterocycles. The van der Waals surface area contributed by atoms with Crippen LogP contribution in [0.5, 0.6) is 11.5 Å². The number of para-hydroxylation sites is 1. The van der Waals surface area contributed by atoms with Crippen molar-refractivity contribution in [3.05, 3.63) is 54.6 Å².